The molecule has 6 unspecified atom stereocenters. The van der Waals surface area contributed by atoms with Crippen molar-refractivity contribution in [3.05, 3.63) is 24.3 Å². The molecule has 1 aliphatic carbocycles. The van der Waals surface area contributed by atoms with Gasteiger partial charge in [0.1, 0.15) is 43.2 Å². The van der Waals surface area contributed by atoms with Crippen LogP contribution in [-0.2, 0) is 32.7 Å². The molecule has 0 spiro atoms. The summed E-state index contributed by atoms with van der Waals surface area (Å²) in [5, 5.41) is 50.4. The number of esters is 2. The lowest BCUT2D eigenvalue weighted by molar-refractivity contribution is -0.220. The van der Waals surface area contributed by atoms with Crippen LogP contribution < -0.4 is 0 Å². The molecule has 1 rings (SSSR count). The van der Waals surface area contributed by atoms with Crippen molar-refractivity contribution < 1.29 is 63.1 Å². The molecule has 1 fully saturated rings. The van der Waals surface area contributed by atoms with Crippen LogP contribution in [0.15, 0.2) is 24.3 Å². The van der Waals surface area contributed by atoms with Gasteiger partial charge in [0.05, 0.1) is 6.61 Å². The zero-order valence-electron chi connectivity index (χ0n) is 44.3. The molecular weight excluding hydrogens is 912 g/mol. The summed E-state index contributed by atoms with van der Waals surface area (Å²) in [6, 6.07) is 0. The number of carbonyl (C=O) groups is 2. The molecular formula is C56H105O13P. The molecule has 0 heterocycles. The first kappa shape index (κ1) is 66.3. The molecule has 70 heavy (non-hydrogen) atoms. The Morgan fingerprint density at radius 2 is 0.771 bits per heavy atom. The van der Waals surface area contributed by atoms with Crippen molar-refractivity contribution in [1.29, 1.82) is 0 Å². The second-order valence-corrected chi connectivity index (χ2v) is 21.6. The smallest absolute Gasteiger partial charge is 0.462 e. The Kier molecular flexibility index (Phi) is 43.5. The molecule has 0 radical (unpaired) electrons. The van der Waals surface area contributed by atoms with Gasteiger partial charge in [0.25, 0.3) is 0 Å². The number of allylic oxidation sites excluding steroid dienone is 4. The van der Waals surface area contributed by atoms with Crippen molar-refractivity contribution in [3.63, 3.8) is 0 Å². The molecule has 14 heteroatoms. The summed E-state index contributed by atoms with van der Waals surface area (Å²) in [6.45, 7) is 3.33. The molecule has 6 atom stereocenters. The lowest BCUT2D eigenvalue weighted by Gasteiger charge is -2.41. The van der Waals surface area contributed by atoms with Crippen LogP contribution in [0.5, 0.6) is 0 Å². The highest BCUT2D eigenvalue weighted by atomic mass is 31.2. The predicted octanol–water partition coefficient (Wildman–Crippen LogP) is 13.1. The fourth-order valence-corrected chi connectivity index (χ4v) is 9.94. The second-order valence-electron chi connectivity index (χ2n) is 20.2. The van der Waals surface area contributed by atoms with E-state index >= 15 is 0 Å². The van der Waals surface area contributed by atoms with E-state index in [1.807, 2.05) is 0 Å². The van der Waals surface area contributed by atoms with Crippen LogP contribution in [-0.4, -0.2) is 98.3 Å². The largest absolute Gasteiger partial charge is 0.472 e. The third-order valence-electron chi connectivity index (χ3n) is 13.5. The van der Waals surface area contributed by atoms with Crippen molar-refractivity contribution in [2.24, 2.45) is 0 Å². The Hall–Kier alpha value is -1.67. The van der Waals surface area contributed by atoms with E-state index in [1.54, 1.807) is 0 Å². The number of phosphoric acid groups is 1. The van der Waals surface area contributed by atoms with Crippen LogP contribution in [0.2, 0.25) is 0 Å². The molecule has 0 bridgehead atoms. The molecule has 0 saturated heterocycles. The van der Waals surface area contributed by atoms with Crippen molar-refractivity contribution in [2.75, 3.05) is 13.2 Å². The maximum atomic E-state index is 12.9. The zero-order valence-corrected chi connectivity index (χ0v) is 45.2. The summed E-state index contributed by atoms with van der Waals surface area (Å²) in [6.07, 6.45) is 40.8. The fourth-order valence-electron chi connectivity index (χ4n) is 8.97. The van der Waals surface area contributed by atoms with E-state index < -0.39 is 75.7 Å². The van der Waals surface area contributed by atoms with E-state index in [-0.39, 0.29) is 12.8 Å². The average Bonchev–Trinajstić information content (AvgIpc) is 3.34. The van der Waals surface area contributed by atoms with Gasteiger partial charge in [0, 0.05) is 12.8 Å². The minimum atomic E-state index is -5.12. The Labute approximate surface area is 426 Å². The van der Waals surface area contributed by atoms with E-state index in [4.69, 9.17) is 18.5 Å². The third-order valence-corrected chi connectivity index (χ3v) is 14.5. The van der Waals surface area contributed by atoms with Crippen molar-refractivity contribution in [3.8, 4) is 0 Å². The number of unbranched alkanes of at least 4 members (excludes halogenated alkanes) is 33. The van der Waals surface area contributed by atoms with Crippen molar-refractivity contribution >= 4 is 19.8 Å². The molecule has 13 nitrogen and oxygen atoms in total. The number of phosphoric ester groups is 1. The number of aliphatic hydroxyl groups excluding tert-OH is 5. The minimum absolute atomic E-state index is 0.0911. The number of aliphatic hydroxyl groups is 5. The number of ether oxygens (including phenoxy) is 2. The zero-order chi connectivity index (χ0) is 51.3. The highest BCUT2D eigenvalue weighted by molar-refractivity contribution is 7.47. The first-order chi connectivity index (χ1) is 33.9. The fraction of sp³-hybridized carbons (Fsp3) is 0.893. The second kappa shape index (κ2) is 45.9. The normalized spacial score (nSPS) is 20.9. The van der Waals surface area contributed by atoms with E-state index in [9.17, 15) is 44.6 Å². The first-order valence-corrected chi connectivity index (χ1v) is 30.1. The highest BCUT2D eigenvalue weighted by Gasteiger charge is 2.51. The van der Waals surface area contributed by atoms with Crippen LogP contribution in [0.4, 0.5) is 0 Å². The maximum Gasteiger partial charge on any atom is 0.472 e. The quantitative estimate of drug-likeness (QED) is 0.0145. The molecule has 1 aliphatic rings. The van der Waals surface area contributed by atoms with Crippen LogP contribution in [0.1, 0.15) is 264 Å². The van der Waals surface area contributed by atoms with Gasteiger partial charge in [-0.15, -0.1) is 0 Å². The van der Waals surface area contributed by atoms with Crippen molar-refractivity contribution in [2.45, 2.75) is 307 Å². The van der Waals surface area contributed by atoms with Crippen LogP contribution in [0.25, 0.3) is 0 Å². The lowest BCUT2D eigenvalue weighted by Crippen LogP contribution is -2.64. The summed E-state index contributed by atoms with van der Waals surface area (Å²) in [5.41, 5.74) is 0. The molecule has 0 aromatic heterocycles. The summed E-state index contributed by atoms with van der Waals surface area (Å²) in [4.78, 5) is 35.9. The monoisotopic (exact) mass is 1020 g/mol. The molecule has 6 N–H and O–H groups in total. The Bertz CT molecular complexity index is 1310. The maximum absolute atomic E-state index is 12.9. The van der Waals surface area contributed by atoms with Gasteiger partial charge in [0.15, 0.2) is 6.10 Å². The minimum Gasteiger partial charge on any atom is -0.462 e. The Morgan fingerprint density at radius 3 is 1.17 bits per heavy atom. The molecule has 412 valence electrons. The van der Waals surface area contributed by atoms with Gasteiger partial charge in [-0.3, -0.25) is 18.6 Å². The first-order valence-electron chi connectivity index (χ1n) is 28.6. The molecule has 0 aliphatic heterocycles. The summed E-state index contributed by atoms with van der Waals surface area (Å²) < 4.78 is 33.7. The van der Waals surface area contributed by atoms with Gasteiger partial charge in [-0.05, 0) is 44.9 Å². The summed E-state index contributed by atoms with van der Waals surface area (Å²) in [5.74, 6) is -1.09. The van der Waals surface area contributed by atoms with Gasteiger partial charge < -0.3 is 39.9 Å². The van der Waals surface area contributed by atoms with E-state index in [0.717, 1.165) is 70.6 Å². The van der Waals surface area contributed by atoms with Gasteiger partial charge in [-0.25, -0.2) is 4.57 Å². The number of carbonyl (C=O) groups excluding carboxylic acids is 2. The number of hydrogen-bond acceptors (Lipinski definition) is 12. The standard InChI is InChI=1S/C56H105O13P/c1-3-5-7-9-11-13-15-17-19-21-23-24-25-26-27-29-30-32-34-36-38-40-42-44-49(57)66-46-48(47-67-70(64,65)69-56-54(62)52(60)51(59)53(61)55(56)63)68-50(58)45-43-41-39-37-35-33-31-28-22-20-18-16-14-12-10-8-6-4-2/h14,16,20,22,48,51-56,59-63H,3-13,15,17-19,21,23-47H2,1-2H3,(H,64,65)/b16-14-,22-20-. The summed E-state index contributed by atoms with van der Waals surface area (Å²) in [7, 11) is -5.12. The molecule has 1 saturated carbocycles. The van der Waals surface area contributed by atoms with Crippen LogP contribution >= 0.6 is 7.82 Å². The Morgan fingerprint density at radius 1 is 0.443 bits per heavy atom. The number of rotatable bonds is 49. The summed E-state index contributed by atoms with van der Waals surface area (Å²) >= 11 is 0. The van der Waals surface area contributed by atoms with Gasteiger partial charge in [-0.2, -0.15) is 0 Å². The van der Waals surface area contributed by atoms with Gasteiger partial charge >= 0.3 is 19.8 Å². The molecule has 0 aromatic rings. The lowest BCUT2D eigenvalue weighted by atomic mass is 9.85. The SMILES string of the molecule is CCCCCC/C=C\C/C=C\CCCCCCCCCC(=O)OC(COC(=O)CCCCCCCCCCCCCCCCCCCCCCCCC)COP(=O)(O)OC1C(O)C(O)C(O)C(O)C1O. The molecule has 0 amide bonds. The topological polar surface area (TPSA) is 210 Å². The van der Waals surface area contributed by atoms with Crippen molar-refractivity contribution in [1.82, 2.24) is 0 Å². The van der Waals surface area contributed by atoms with Gasteiger partial charge in [-0.1, -0.05) is 231 Å². The molecule has 0 aromatic carbocycles. The number of hydrogen-bond donors (Lipinski definition) is 6. The van der Waals surface area contributed by atoms with E-state index in [2.05, 4.69) is 38.2 Å². The van der Waals surface area contributed by atoms with E-state index in [0.29, 0.717) is 12.8 Å². The van der Waals surface area contributed by atoms with Gasteiger partial charge in [0.2, 0.25) is 0 Å². The van der Waals surface area contributed by atoms with E-state index in [1.165, 1.54) is 154 Å². The third kappa shape index (κ3) is 37.1. The van der Waals surface area contributed by atoms with Crippen LogP contribution in [0, 0.1) is 0 Å². The van der Waals surface area contributed by atoms with Crippen LogP contribution in [0.3, 0.4) is 0 Å². The predicted molar refractivity (Wildman–Crippen MR) is 281 cm³/mol. The highest BCUT2D eigenvalue weighted by Crippen LogP contribution is 2.47. The Balaban J connectivity index is 2.32. The average molecular weight is 1020 g/mol.